The summed E-state index contributed by atoms with van der Waals surface area (Å²) in [5, 5.41) is 9.68. The molecule has 1 aliphatic carbocycles. The zero-order valence-corrected chi connectivity index (χ0v) is 25.5. The Bertz CT molecular complexity index is 1680. The van der Waals surface area contributed by atoms with E-state index in [2.05, 4.69) is 6.07 Å². The number of rotatable bonds is 6. The number of benzene rings is 3. The molecule has 234 valence electrons. The topological polar surface area (TPSA) is 64.4 Å². The number of likely N-dealkylation sites (tertiary alicyclic amines) is 2. The first-order valence-electron chi connectivity index (χ1n) is 15.1. The molecule has 2 aliphatic heterocycles. The second kappa shape index (κ2) is 11.5. The van der Waals surface area contributed by atoms with Gasteiger partial charge in [-0.3, -0.25) is 9.59 Å². The van der Waals surface area contributed by atoms with Crippen LogP contribution in [0, 0.1) is 11.3 Å². The molecule has 10 heteroatoms. The minimum atomic E-state index is -5.06. The number of amides is 2. The highest BCUT2D eigenvalue weighted by molar-refractivity contribution is 6.30. The Morgan fingerprint density at radius 1 is 1.02 bits per heavy atom. The molecule has 3 aromatic rings. The molecular weight excluding hydrogens is 606 g/mol. The maximum atomic E-state index is 15.0. The van der Waals surface area contributed by atoms with Gasteiger partial charge in [0.2, 0.25) is 17.5 Å². The molecule has 2 saturated heterocycles. The van der Waals surface area contributed by atoms with Crippen LogP contribution in [-0.2, 0) is 40.1 Å². The molecule has 0 bridgehead atoms. The van der Waals surface area contributed by atoms with Crippen LogP contribution in [0.3, 0.4) is 0 Å². The smallest absolute Gasteiger partial charge is 0.337 e. The lowest BCUT2D eigenvalue weighted by atomic mass is 9.63. The average molecular weight is 638 g/mol. The maximum absolute atomic E-state index is 15.0. The van der Waals surface area contributed by atoms with Crippen LogP contribution >= 0.6 is 11.6 Å². The van der Waals surface area contributed by atoms with Gasteiger partial charge in [-0.15, -0.1) is 0 Å². The average Bonchev–Trinajstić information content (AvgIpc) is 3.56. The van der Waals surface area contributed by atoms with E-state index in [1.54, 1.807) is 41.3 Å². The van der Waals surface area contributed by atoms with Crippen LogP contribution in [0.15, 0.2) is 66.7 Å². The van der Waals surface area contributed by atoms with E-state index in [9.17, 15) is 22.8 Å². The van der Waals surface area contributed by atoms with Crippen LogP contribution in [0.4, 0.5) is 17.6 Å². The molecule has 3 aromatic carbocycles. The monoisotopic (exact) mass is 637 g/mol. The summed E-state index contributed by atoms with van der Waals surface area (Å²) in [6.45, 7) is 1.22. The third-order valence-corrected chi connectivity index (χ3v) is 10.2. The molecule has 0 spiro atoms. The fourth-order valence-corrected chi connectivity index (χ4v) is 7.77. The molecule has 4 atom stereocenters. The summed E-state index contributed by atoms with van der Waals surface area (Å²) in [7, 11) is 0. The van der Waals surface area contributed by atoms with Crippen LogP contribution in [0.5, 0.6) is 0 Å². The Morgan fingerprint density at radius 2 is 1.78 bits per heavy atom. The lowest BCUT2D eigenvalue weighted by molar-refractivity contribution is -0.228. The molecule has 3 unspecified atom stereocenters. The molecule has 0 radical (unpaired) electrons. The normalized spacial score (nSPS) is 24.2. The number of nitrogens with zero attached hydrogens (tertiary/aromatic N) is 3. The van der Waals surface area contributed by atoms with Gasteiger partial charge in [0.25, 0.3) is 0 Å². The quantitative estimate of drug-likeness (QED) is 0.269. The van der Waals surface area contributed by atoms with E-state index < -0.39 is 28.9 Å². The van der Waals surface area contributed by atoms with E-state index in [-0.39, 0.29) is 30.8 Å². The van der Waals surface area contributed by atoms with Gasteiger partial charge in [0.1, 0.15) is 6.04 Å². The van der Waals surface area contributed by atoms with Crippen LogP contribution < -0.4 is 0 Å². The number of halogens is 5. The molecule has 2 fully saturated rings. The molecule has 3 aliphatic rings. The first-order chi connectivity index (χ1) is 21.3. The van der Waals surface area contributed by atoms with E-state index in [0.717, 1.165) is 16.7 Å². The second-order valence-electron chi connectivity index (χ2n) is 12.6. The molecule has 2 amide bonds. The zero-order valence-electron chi connectivity index (χ0n) is 24.7. The summed E-state index contributed by atoms with van der Waals surface area (Å²) in [6.07, 6.45) is -2.47. The number of hydrogen-bond donors (Lipinski definition) is 0. The fraction of sp³-hybridized carbons (Fsp3) is 0.400. The number of hydrogen-bond acceptors (Lipinski definition) is 3. The molecule has 0 N–H and O–H groups in total. The van der Waals surface area contributed by atoms with E-state index >= 15 is 4.39 Å². The van der Waals surface area contributed by atoms with Gasteiger partial charge in [-0.25, -0.2) is 4.39 Å². The Hall–Kier alpha value is -3.90. The van der Waals surface area contributed by atoms with Crippen LogP contribution in [0.1, 0.15) is 66.0 Å². The minimum Gasteiger partial charge on any atom is -0.337 e. The van der Waals surface area contributed by atoms with E-state index in [1.807, 2.05) is 23.1 Å². The highest BCUT2D eigenvalue weighted by Gasteiger charge is 2.56. The Morgan fingerprint density at radius 3 is 2.47 bits per heavy atom. The van der Waals surface area contributed by atoms with Gasteiger partial charge in [0.05, 0.1) is 11.6 Å². The molecular formula is C35H32ClF4N3O2. The predicted octanol–water partition coefficient (Wildman–Crippen LogP) is 7.18. The van der Waals surface area contributed by atoms with Gasteiger partial charge >= 0.3 is 6.18 Å². The summed E-state index contributed by atoms with van der Waals surface area (Å²) in [4.78, 5) is 30.8. The van der Waals surface area contributed by atoms with Crippen molar-refractivity contribution in [2.75, 3.05) is 6.54 Å². The van der Waals surface area contributed by atoms with Crippen molar-refractivity contribution in [1.29, 1.82) is 5.26 Å². The lowest BCUT2D eigenvalue weighted by Gasteiger charge is -2.44. The van der Waals surface area contributed by atoms with Crippen LogP contribution in [0.25, 0.3) is 0 Å². The molecule has 5 nitrogen and oxygen atoms in total. The first kappa shape index (κ1) is 31.1. The van der Waals surface area contributed by atoms with Crippen molar-refractivity contribution in [3.63, 3.8) is 0 Å². The summed E-state index contributed by atoms with van der Waals surface area (Å²) in [5.41, 5.74) is -0.810. The highest BCUT2D eigenvalue weighted by Crippen LogP contribution is 2.51. The van der Waals surface area contributed by atoms with Crippen molar-refractivity contribution in [2.45, 2.75) is 81.3 Å². The van der Waals surface area contributed by atoms with Gasteiger partial charge in [0, 0.05) is 36.0 Å². The van der Waals surface area contributed by atoms with Crippen molar-refractivity contribution < 1.29 is 27.2 Å². The Balaban J connectivity index is 1.34. The Kier molecular flexibility index (Phi) is 7.93. The number of nitriles is 1. The third-order valence-electron chi connectivity index (χ3n) is 9.96. The lowest BCUT2D eigenvalue weighted by Crippen LogP contribution is -2.53. The molecule has 6 rings (SSSR count). The highest BCUT2D eigenvalue weighted by atomic mass is 35.5. The van der Waals surface area contributed by atoms with Crippen molar-refractivity contribution >= 4 is 23.4 Å². The van der Waals surface area contributed by atoms with Crippen molar-refractivity contribution in [2.24, 2.45) is 0 Å². The summed E-state index contributed by atoms with van der Waals surface area (Å²) < 4.78 is 55.9. The van der Waals surface area contributed by atoms with Gasteiger partial charge < -0.3 is 9.80 Å². The largest absolute Gasteiger partial charge is 0.426 e. The van der Waals surface area contributed by atoms with Crippen molar-refractivity contribution in [1.82, 2.24) is 9.80 Å². The van der Waals surface area contributed by atoms with E-state index in [4.69, 9.17) is 16.9 Å². The standard InChI is InChI=1S/C35H32ClF4N3O2/c1-33(37,35(38,39)40)26-10-11-28-25(18-26)9-13-30-34(28,19-24-3-2-4-27(36)17-24)15-16-42(30)32(45)29-12-14-31(44)43(29)21-23-7-5-22(20-41)6-8-23/h2-8,10-11,17-18,29-30H,9,12-16,19,21H2,1H3/t29-,30?,33?,34?/m0/s1. The van der Waals surface area contributed by atoms with E-state index in [0.29, 0.717) is 61.7 Å². The SMILES string of the molecule is CC(F)(c1ccc2c(c1)CCC1N(C(=O)[C@@H]3CCC(=O)N3Cc3ccc(C#N)cc3)CCC21Cc1cccc(Cl)c1)C(F)(F)F. The van der Waals surface area contributed by atoms with Gasteiger partial charge in [0.15, 0.2) is 0 Å². The molecule has 2 heterocycles. The number of alkyl halides is 4. The molecule has 45 heavy (non-hydrogen) atoms. The first-order valence-corrected chi connectivity index (χ1v) is 15.4. The van der Waals surface area contributed by atoms with Gasteiger partial charge in [-0.1, -0.05) is 54.1 Å². The van der Waals surface area contributed by atoms with Crippen molar-refractivity contribution in [3.05, 3.63) is 105 Å². The maximum Gasteiger partial charge on any atom is 0.426 e. The zero-order chi connectivity index (χ0) is 32.1. The molecule has 0 aromatic heterocycles. The number of carbonyl (C=O) groups is 2. The van der Waals surface area contributed by atoms with Gasteiger partial charge in [-0.05, 0) is 91.1 Å². The van der Waals surface area contributed by atoms with E-state index in [1.165, 1.54) is 12.1 Å². The second-order valence-corrected chi connectivity index (χ2v) is 13.0. The predicted molar refractivity (Wildman–Crippen MR) is 161 cm³/mol. The number of aryl methyl sites for hydroxylation is 1. The Labute approximate surface area is 264 Å². The third kappa shape index (κ3) is 5.48. The summed E-state index contributed by atoms with van der Waals surface area (Å²) >= 11 is 6.33. The van der Waals surface area contributed by atoms with Gasteiger partial charge in [-0.2, -0.15) is 18.4 Å². The summed E-state index contributed by atoms with van der Waals surface area (Å²) in [6, 6.07) is 19.7. The van der Waals surface area contributed by atoms with Crippen molar-refractivity contribution in [3.8, 4) is 6.07 Å². The molecule has 0 saturated carbocycles. The minimum absolute atomic E-state index is 0.109. The van der Waals surface area contributed by atoms with Crippen LogP contribution in [-0.4, -0.2) is 46.4 Å². The number of fused-ring (bicyclic) bond motifs is 3. The van der Waals surface area contributed by atoms with Crippen LogP contribution in [0.2, 0.25) is 5.02 Å². The fourth-order valence-electron chi connectivity index (χ4n) is 7.56. The summed E-state index contributed by atoms with van der Waals surface area (Å²) in [5.74, 6) is -0.247. The number of carbonyl (C=O) groups excluding carboxylic acids is 2.